The first-order chi connectivity index (χ1) is 53.4. The van der Waals surface area contributed by atoms with Crippen LogP contribution in [-0.4, -0.2) is 122 Å². The number of methoxy groups -OCH3 is 6. The lowest BCUT2D eigenvalue weighted by Crippen LogP contribution is -2.18. The third kappa shape index (κ3) is 36.7. The number of ether oxygens (including phenoxy) is 12. The van der Waals surface area contributed by atoms with Gasteiger partial charge in [-0.05, 0) is 332 Å². The van der Waals surface area contributed by atoms with Crippen LogP contribution in [0.1, 0.15) is 221 Å². The van der Waals surface area contributed by atoms with Crippen molar-refractivity contribution in [2.24, 2.45) is 0 Å². The average molecular weight is 1480 g/mol. The van der Waals surface area contributed by atoms with E-state index in [1.165, 1.54) is 66.8 Å². The van der Waals surface area contributed by atoms with Crippen LogP contribution >= 0.6 is 0 Å². The largest absolute Gasteiger partial charge is 0.494 e. The van der Waals surface area contributed by atoms with Crippen molar-refractivity contribution in [3.05, 3.63) is 212 Å². The molecule has 0 amide bonds. The molecule has 108 heavy (non-hydrogen) atoms. The first kappa shape index (κ1) is 88.3. The molecule has 12 nitrogen and oxygen atoms in total. The zero-order valence-electron chi connectivity index (χ0n) is 67.7. The molecule has 12 heteroatoms. The molecule has 594 valence electrons. The summed E-state index contributed by atoms with van der Waals surface area (Å²) in [6.45, 7) is 9.15. The topological polar surface area (TPSA) is 111 Å². The second kappa shape index (κ2) is 57.2. The van der Waals surface area contributed by atoms with Crippen LogP contribution in [0.25, 0.3) is 0 Å². The summed E-state index contributed by atoms with van der Waals surface area (Å²) >= 11 is 0. The Bertz CT molecular complexity index is 2740. The minimum Gasteiger partial charge on any atom is -0.494 e. The maximum atomic E-state index is 6.38. The Labute approximate surface area is 653 Å². The van der Waals surface area contributed by atoms with Gasteiger partial charge in [-0.3, -0.25) is 0 Å². The third-order valence-corrected chi connectivity index (χ3v) is 20.8. The van der Waals surface area contributed by atoms with E-state index in [1.807, 2.05) is 0 Å². The molecule has 0 aliphatic heterocycles. The molecule has 7 aromatic carbocycles. The van der Waals surface area contributed by atoms with Crippen LogP contribution in [0.3, 0.4) is 0 Å². The molecule has 0 spiro atoms. The van der Waals surface area contributed by atoms with E-state index in [4.69, 9.17) is 56.8 Å². The smallest absolute Gasteiger partial charge is 0.119 e. The molecule has 0 fully saturated rings. The summed E-state index contributed by atoms with van der Waals surface area (Å²) in [5.41, 5.74) is 17.0. The monoisotopic (exact) mass is 1480 g/mol. The number of rotatable bonds is 66. The summed E-state index contributed by atoms with van der Waals surface area (Å²) in [5, 5.41) is 0. The Balaban J connectivity index is 1.33. The quantitative estimate of drug-likeness (QED) is 0.0339. The highest BCUT2D eigenvalue weighted by molar-refractivity contribution is 5.55. The molecule has 0 aromatic heterocycles. The predicted molar refractivity (Wildman–Crippen MR) is 445 cm³/mol. The molecule has 0 radical (unpaired) electrons. The van der Waals surface area contributed by atoms with E-state index in [1.54, 1.807) is 42.7 Å². The number of benzene rings is 7. The molecule has 0 unspecified atom stereocenters. The fraction of sp³-hybridized carbons (Fsp3) is 0.562. The van der Waals surface area contributed by atoms with Gasteiger partial charge in [0.05, 0.1) is 39.6 Å². The van der Waals surface area contributed by atoms with E-state index < -0.39 is 0 Å². The Kier molecular flexibility index (Phi) is 46.8. The summed E-state index contributed by atoms with van der Waals surface area (Å²) in [6, 6.07) is 54.1. The van der Waals surface area contributed by atoms with E-state index >= 15 is 0 Å². The van der Waals surface area contributed by atoms with Crippen LogP contribution in [-0.2, 0) is 105 Å². The summed E-state index contributed by atoms with van der Waals surface area (Å²) in [4.78, 5) is 0. The standard InChI is InChI=1S/C96H138O12/c1-97-67-19-7-13-25-73-103-85-49-31-79(32-50-85)43-61-91-92(62-44-80-33-51-86(52-34-80)104-74-26-14-8-20-68-98-2)94(64-46-82-37-55-88(56-38-82)106-76-28-16-10-22-70-100-4)96(66-48-84-41-59-90(60-42-84)108-78-30-18-12-24-72-102-6)95(65-47-83-39-57-89(58-40-83)107-77-29-17-11-23-71-101-5)93(91)63-45-81-35-53-87(54-36-81)105-75-27-15-9-21-69-99-3/h31-42,49-60H,7-30,43-48,61-78H2,1-6H3. The van der Waals surface area contributed by atoms with Gasteiger partial charge in [0.1, 0.15) is 34.5 Å². The molecule has 0 aliphatic carbocycles. The van der Waals surface area contributed by atoms with Gasteiger partial charge in [-0.1, -0.05) is 111 Å². The molecular formula is C96H138O12. The highest BCUT2D eigenvalue weighted by Crippen LogP contribution is 2.37. The van der Waals surface area contributed by atoms with E-state index in [0.717, 1.165) is 305 Å². The lowest BCUT2D eigenvalue weighted by Gasteiger charge is -2.28. The van der Waals surface area contributed by atoms with Crippen molar-refractivity contribution in [2.75, 3.05) is 122 Å². The van der Waals surface area contributed by atoms with Crippen LogP contribution in [0.5, 0.6) is 34.5 Å². The van der Waals surface area contributed by atoms with Crippen LogP contribution in [0.2, 0.25) is 0 Å². The van der Waals surface area contributed by atoms with Gasteiger partial charge in [-0.15, -0.1) is 0 Å². The summed E-state index contributed by atoms with van der Waals surface area (Å²) in [5.74, 6) is 5.60. The van der Waals surface area contributed by atoms with E-state index in [9.17, 15) is 0 Å². The van der Waals surface area contributed by atoms with Crippen molar-refractivity contribution < 1.29 is 56.8 Å². The number of hydrogen-bond acceptors (Lipinski definition) is 12. The van der Waals surface area contributed by atoms with Crippen LogP contribution in [0.4, 0.5) is 0 Å². The van der Waals surface area contributed by atoms with Crippen LogP contribution < -0.4 is 28.4 Å². The Morgan fingerprint density at radius 3 is 0.380 bits per heavy atom. The Morgan fingerprint density at radius 1 is 0.139 bits per heavy atom. The van der Waals surface area contributed by atoms with Gasteiger partial charge >= 0.3 is 0 Å². The van der Waals surface area contributed by atoms with E-state index in [0.29, 0.717) is 39.6 Å². The number of unbranched alkanes of at least 4 members (excludes halogenated alkanes) is 18. The van der Waals surface area contributed by atoms with Gasteiger partial charge in [-0.2, -0.15) is 0 Å². The molecule has 7 rings (SSSR count). The van der Waals surface area contributed by atoms with Crippen molar-refractivity contribution in [2.45, 2.75) is 231 Å². The maximum Gasteiger partial charge on any atom is 0.119 e. The maximum absolute atomic E-state index is 6.38. The van der Waals surface area contributed by atoms with E-state index in [2.05, 4.69) is 146 Å². The first-order valence-electron chi connectivity index (χ1n) is 41.8. The molecule has 7 aromatic rings. The van der Waals surface area contributed by atoms with Gasteiger partial charge in [-0.25, -0.2) is 0 Å². The number of aryl methyl sites for hydroxylation is 6. The second-order valence-corrected chi connectivity index (χ2v) is 29.3. The minimum absolute atomic E-state index is 0.714. The normalized spacial score (nSPS) is 11.4. The summed E-state index contributed by atoms with van der Waals surface area (Å²) < 4.78 is 70.1. The lowest BCUT2D eigenvalue weighted by molar-refractivity contribution is 0.191. The van der Waals surface area contributed by atoms with Crippen LogP contribution in [0.15, 0.2) is 146 Å². The van der Waals surface area contributed by atoms with Gasteiger partial charge in [0, 0.05) is 82.3 Å². The zero-order valence-corrected chi connectivity index (χ0v) is 67.7. The van der Waals surface area contributed by atoms with Crippen molar-refractivity contribution in [3.8, 4) is 34.5 Å². The van der Waals surface area contributed by atoms with Crippen molar-refractivity contribution in [1.82, 2.24) is 0 Å². The predicted octanol–water partition coefficient (Wildman–Crippen LogP) is 21.9. The van der Waals surface area contributed by atoms with Crippen molar-refractivity contribution in [1.29, 1.82) is 0 Å². The Morgan fingerprint density at radius 2 is 0.259 bits per heavy atom. The van der Waals surface area contributed by atoms with Crippen LogP contribution in [0, 0.1) is 0 Å². The second-order valence-electron chi connectivity index (χ2n) is 29.3. The van der Waals surface area contributed by atoms with Gasteiger partial charge in [0.2, 0.25) is 0 Å². The minimum atomic E-state index is 0.714. The molecule has 0 saturated carbocycles. The highest BCUT2D eigenvalue weighted by atomic mass is 16.5. The van der Waals surface area contributed by atoms with Gasteiger partial charge in [0.25, 0.3) is 0 Å². The fourth-order valence-corrected chi connectivity index (χ4v) is 14.4. The van der Waals surface area contributed by atoms with Gasteiger partial charge in [0.15, 0.2) is 0 Å². The number of hydrogen-bond donors (Lipinski definition) is 0. The average Bonchev–Trinajstić information content (AvgIpc) is 0.762. The molecule has 0 atom stereocenters. The molecular weight excluding hydrogens is 1350 g/mol. The fourth-order valence-electron chi connectivity index (χ4n) is 14.4. The van der Waals surface area contributed by atoms with E-state index in [-0.39, 0.29) is 0 Å². The summed E-state index contributed by atoms with van der Waals surface area (Å²) in [7, 11) is 10.7. The molecule has 0 saturated heterocycles. The lowest BCUT2D eigenvalue weighted by atomic mass is 9.76. The van der Waals surface area contributed by atoms with Gasteiger partial charge < -0.3 is 56.8 Å². The SMILES string of the molecule is COCCCCCCOc1ccc(CCc2c(CCc3ccc(OCCCCCCOC)cc3)c(CCc3ccc(OCCCCCCOC)cc3)c(CCc3ccc(OCCCCCCOC)cc3)c(CCc3ccc(OCCCCCCOC)cc3)c2CCc2ccc(OCCCCCCOC)cc2)cc1. The Hall–Kier alpha value is -6.90. The van der Waals surface area contributed by atoms with Crippen molar-refractivity contribution in [3.63, 3.8) is 0 Å². The summed E-state index contributed by atoms with van der Waals surface area (Å²) in [6.07, 6.45) is 37.3. The molecule has 0 N–H and O–H groups in total. The molecule has 0 heterocycles. The molecule has 0 bridgehead atoms. The highest BCUT2D eigenvalue weighted by Gasteiger charge is 2.25. The third-order valence-electron chi connectivity index (χ3n) is 20.8. The first-order valence-corrected chi connectivity index (χ1v) is 41.8. The molecule has 0 aliphatic rings. The zero-order chi connectivity index (χ0) is 75.8. The van der Waals surface area contributed by atoms with Crippen molar-refractivity contribution >= 4 is 0 Å².